The topological polar surface area (TPSA) is 71.4 Å². The quantitative estimate of drug-likeness (QED) is 0.583. The monoisotopic (exact) mass is 441 g/mol. The summed E-state index contributed by atoms with van der Waals surface area (Å²) in [6.07, 6.45) is 11.1. The van der Waals surface area contributed by atoms with E-state index in [-0.39, 0.29) is 0 Å². The summed E-state index contributed by atoms with van der Waals surface area (Å²) in [5.74, 6) is 2.00. The fourth-order valence-electron chi connectivity index (χ4n) is 4.36. The summed E-state index contributed by atoms with van der Waals surface area (Å²) in [4.78, 5) is 13.6. The predicted molar refractivity (Wildman–Crippen MR) is 127 cm³/mol. The van der Waals surface area contributed by atoms with E-state index in [2.05, 4.69) is 33.6 Å². The molecular weight excluding hydrogens is 410 g/mol. The number of rotatable bonds is 7. The molecule has 166 valence electrons. The Hall–Kier alpha value is -2.02. The second kappa shape index (κ2) is 11.0. The van der Waals surface area contributed by atoms with E-state index in [1.54, 1.807) is 6.20 Å². The van der Waals surface area contributed by atoms with Crippen molar-refractivity contribution in [2.45, 2.75) is 39.0 Å². The first kappa shape index (κ1) is 22.2. The average Bonchev–Trinajstić information content (AvgIpc) is 2.80. The van der Waals surface area contributed by atoms with Crippen molar-refractivity contribution in [1.29, 1.82) is 0 Å². The maximum Gasteiger partial charge on any atom is 0.152 e. The first-order valence-electron chi connectivity index (χ1n) is 11.3. The highest BCUT2D eigenvalue weighted by Crippen LogP contribution is 2.31. The van der Waals surface area contributed by atoms with Crippen molar-refractivity contribution in [3.05, 3.63) is 35.7 Å². The molecule has 0 aromatic carbocycles. The van der Waals surface area contributed by atoms with E-state index in [1.165, 1.54) is 12.8 Å². The largest absolute Gasteiger partial charge is 0.384 e. The molecule has 1 atom stereocenters. The van der Waals surface area contributed by atoms with E-state index < -0.39 is 0 Å². The smallest absolute Gasteiger partial charge is 0.152 e. The van der Waals surface area contributed by atoms with Gasteiger partial charge in [0, 0.05) is 55.2 Å². The first-order chi connectivity index (χ1) is 15.2. The molecule has 0 spiro atoms. The highest BCUT2D eigenvalue weighted by molar-refractivity contribution is 6.33. The van der Waals surface area contributed by atoms with Gasteiger partial charge in [-0.2, -0.15) is 0 Å². The molecule has 2 N–H and O–H groups in total. The molecule has 0 saturated carbocycles. The summed E-state index contributed by atoms with van der Waals surface area (Å²) < 4.78 is 5.45. The molecule has 2 aromatic heterocycles. The van der Waals surface area contributed by atoms with E-state index in [4.69, 9.17) is 21.3 Å². The van der Waals surface area contributed by atoms with Gasteiger partial charge in [-0.05, 0) is 76.1 Å². The fraction of sp³-hybridized carbons (Fsp3) is 0.542. The zero-order valence-corrected chi connectivity index (χ0v) is 19.0. The lowest BCUT2D eigenvalue weighted by atomic mass is 9.94. The van der Waals surface area contributed by atoms with Crippen molar-refractivity contribution in [3.63, 3.8) is 0 Å². The van der Waals surface area contributed by atoms with Gasteiger partial charge in [0.25, 0.3) is 0 Å². The van der Waals surface area contributed by atoms with Gasteiger partial charge in [-0.25, -0.2) is 9.98 Å². The average molecular weight is 442 g/mol. The summed E-state index contributed by atoms with van der Waals surface area (Å²) in [7, 11) is 0. The Morgan fingerprint density at radius 2 is 2.06 bits per heavy atom. The summed E-state index contributed by atoms with van der Waals surface area (Å²) in [5, 5.41) is 7.61. The van der Waals surface area contributed by atoms with Crippen LogP contribution in [0.5, 0.6) is 0 Å². The minimum Gasteiger partial charge on any atom is -0.384 e. The summed E-state index contributed by atoms with van der Waals surface area (Å²) in [6, 6.07) is 4.06. The standard InChI is InChI=1S/C24H32ClN5O/c1-17(9-19-3-2-6-26-12-19)30-24-11-22(23(25)16-29-24)20-10-21(15-27-14-20)28-13-18-4-7-31-8-5-18/h10-11,14-16,18-19,26,28H,2-9,12-13H2,1H3. The van der Waals surface area contributed by atoms with Gasteiger partial charge in [0.2, 0.25) is 0 Å². The Bertz CT molecular complexity index is 891. The lowest BCUT2D eigenvalue weighted by molar-refractivity contribution is 0.0699. The van der Waals surface area contributed by atoms with Crippen LogP contribution in [-0.4, -0.2) is 48.5 Å². The van der Waals surface area contributed by atoms with Crippen molar-refractivity contribution in [2.75, 3.05) is 38.2 Å². The Morgan fingerprint density at radius 3 is 2.87 bits per heavy atom. The van der Waals surface area contributed by atoms with Gasteiger partial charge in [-0.15, -0.1) is 0 Å². The Labute approximate surface area is 189 Å². The molecule has 4 rings (SSSR count). The van der Waals surface area contributed by atoms with Crippen LogP contribution in [0.1, 0.15) is 39.0 Å². The molecule has 1 unspecified atom stereocenters. The SMILES string of the molecule is CC(CC1CCCNC1)=Nc1cc(-c2cncc(NCC3CCOCC3)c2)c(Cl)cn1. The molecule has 0 amide bonds. The first-order valence-corrected chi connectivity index (χ1v) is 11.7. The third-order valence-electron chi connectivity index (χ3n) is 6.11. The maximum atomic E-state index is 6.49. The van der Waals surface area contributed by atoms with Gasteiger partial charge in [-0.3, -0.25) is 4.98 Å². The Kier molecular flexibility index (Phi) is 7.89. The predicted octanol–water partition coefficient (Wildman–Crippen LogP) is 5.12. The molecule has 0 aliphatic carbocycles. The van der Waals surface area contributed by atoms with Crippen molar-refractivity contribution < 1.29 is 4.74 Å². The molecule has 2 aliphatic heterocycles. The number of hydrogen-bond donors (Lipinski definition) is 2. The highest BCUT2D eigenvalue weighted by atomic mass is 35.5. The fourth-order valence-corrected chi connectivity index (χ4v) is 4.58. The van der Waals surface area contributed by atoms with Crippen molar-refractivity contribution in [1.82, 2.24) is 15.3 Å². The summed E-state index contributed by atoms with van der Waals surface area (Å²) in [6.45, 7) is 6.95. The molecule has 2 fully saturated rings. The number of anilines is 1. The van der Waals surface area contributed by atoms with E-state index in [0.29, 0.717) is 22.7 Å². The van der Waals surface area contributed by atoms with Crippen LogP contribution in [-0.2, 0) is 4.74 Å². The van der Waals surface area contributed by atoms with Gasteiger partial charge in [0.05, 0.1) is 10.7 Å². The zero-order chi connectivity index (χ0) is 21.5. The molecule has 4 heterocycles. The number of piperidine rings is 1. The highest BCUT2D eigenvalue weighted by Gasteiger charge is 2.15. The van der Waals surface area contributed by atoms with Crippen LogP contribution in [0.4, 0.5) is 11.5 Å². The third-order valence-corrected chi connectivity index (χ3v) is 6.42. The van der Waals surface area contributed by atoms with Crippen molar-refractivity contribution in [3.8, 4) is 11.1 Å². The molecule has 6 nitrogen and oxygen atoms in total. The molecule has 7 heteroatoms. The van der Waals surface area contributed by atoms with Gasteiger partial charge in [-0.1, -0.05) is 11.6 Å². The van der Waals surface area contributed by atoms with Crippen LogP contribution in [0.25, 0.3) is 11.1 Å². The molecule has 0 bridgehead atoms. The number of halogens is 1. The summed E-state index contributed by atoms with van der Waals surface area (Å²) in [5.41, 5.74) is 3.99. The summed E-state index contributed by atoms with van der Waals surface area (Å²) >= 11 is 6.49. The number of aromatic nitrogens is 2. The van der Waals surface area contributed by atoms with Gasteiger partial charge >= 0.3 is 0 Å². The van der Waals surface area contributed by atoms with Crippen molar-refractivity contribution >= 4 is 28.8 Å². The molecule has 0 radical (unpaired) electrons. The van der Waals surface area contributed by atoms with Gasteiger partial charge < -0.3 is 15.4 Å². The van der Waals surface area contributed by atoms with Crippen LogP contribution in [0, 0.1) is 11.8 Å². The molecular formula is C24H32ClN5O. The van der Waals surface area contributed by atoms with E-state index in [9.17, 15) is 0 Å². The lowest BCUT2D eigenvalue weighted by Gasteiger charge is -2.22. The lowest BCUT2D eigenvalue weighted by Crippen LogP contribution is -2.30. The van der Waals surface area contributed by atoms with E-state index in [0.717, 1.165) is 74.6 Å². The number of ether oxygens (including phenoxy) is 1. The van der Waals surface area contributed by atoms with Crippen LogP contribution in [0.2, 0.25) is 5.02 Å². The molecule has 2 saturated heterocycles. The maximum absolute atomic E-state index is 6.49. The van der Waals surface area contributed by atoms with Crippen LogP contribution >= 0.6 is 11.6 Å². The molecule has 2 aliphatic rings. The minimum atomic E-state index is 0.608. The Morgan fingerprint density at radius 1 is 1.19 bits per heavy atom. The van der Waals surface area contributed by atoms with Crippen LogP contribution < -0.4 is 10.6 Å². The normalized spacial score (nSPS) is 20.6. The van der Waals surface area contributed by atoms with Gasteiger partial charge in [0.15, 0.2) is 5.82 Å². The van der Waals surface area contributed by atoms with E-state index >= 15 is 0 Å². The van der Waals surface area contributed by atoms with Crippen LogP contribution in [0.3, 0.4) is 0 Å². The number of nitrogens with one attached hydrogen (secondary N) is 2. The number of nitrogens with zero attached hydrogens (tertiary/aromatic N) is 3. The zero-order valence-electron chi connectivity index (χ0n) is 18.2. The second-order valence-corrected chi connectivity index (χ2v) is 9.09. The molecule has 31 heavy (non-hydrogen) atoms. The number of pyridine rings is 2. The number of hydrogen-bond acceptors (Lipinski definition) is 6. The minimum absolute atomic E-state index is 0.608. The number of aliphatic imine (C=N–C) groups is 1. The second-order valence-electron chi connectivity index (χ2n) is 8.68. The third kappa shape index (κ3) is 6.48. The Balaban J connectivity index is 1.45. The van der Waals surface area contributed by atoms with Gasteiger partial charge in [0.1, 0.15) is 0 Å². The van der Waals surface area contributed by atoms with Crippen LogP contribution in [0.15, 0.2) is 35.7 Å². The van der Waals surface area contributed by atoms with Crippen molar-refractivity contribution in [2.24, 2.45) is 16.8 Å². The molecule has 2 aromatic rings. The van der Waals surface area contributed by atoms with E-state index in [1.807, 2.05) is 18.5 Å².